The fourth-order valence-electron chi connectivity index (χ4n) is 5.14. The van der Waals surface area contributed by atoms with Crippen molar-refractivity contribution in [3.05, 3.63) is 35.4 Å². The van der Waals surface area contributed by atoms with Crippen LogP contribution in [0.2, 0.25) is 0 Å². The van der Waals surface area contributed by atoms with E-state index in [-0.39, 0.29) is 11.3 Å². The molecule has 0 aromatic heterocycles. The molecule has 24 heavy (non-hydrogen) atoms. The summed E-state index contributed by atoms with van der Waals surface area (Å²) in [7, 11) is 0. The Balaban J connectivity index is 1.77. The van der Waals surface area contributed by atoms with Crippen LogP contribution in [0.4, 0.5) is 0 Å². The first kappa shape index (κ1) is 17.7. The second kappa shape index (κ2) is 7.42. The Hall–Kier alpha value is -1.11. The molecule has 1 nitrogen and oxygen atoms in total. The van der Waals surface area contributed by atoms with E-state index < -0.39 is 0 Å². The van der Waals surface area contributed by atoms with Crippen molar-refractivity contribution in [2.45, 2.75) is 84.5 Å². The van der Waals surface area contributed by atoms with Gasteiger partial charge < -0.3 is 0 Å². The average Bonchev–Trinajstić information content (AvgIpc) is 3.08. The van der Waals surface area contributed by atoms with Crippen molar-refractivity contribution in [3.63, 3.8) is 0 Å². The van der Waals surface area contributed by atoms with Gasteiger partial charge in [-0.05, 0) is 48.5 Å². The molecule has 1 aromatic carbocycles. The minimum absolute atomic E-state index is 0.0497. The lowest BCUT2D eigenvalue weighted by molar-refractivity contribution is 0.0714. The zero-order chi connectivity index (χ0) is 17.2. The minimum Gasteiger partial charge on any atom is -0.294 e. The molecule has 0 spiro atoms. The van der Waals surface area contributed by atoms with Gasteiger partial charge in [-0.2, -0.15) is 0 Å². The van der Waals surface area contributed by atoms with Crippen molar-refractivity contribution in [1.82, 2.24) is 0 Å². The summed E-state index contributed by atoms with van der Waals surface area (Å²) >= 11 is 0. The van der Waals surface area contributed by atoms with Crippen LogP contribution in [-0.2, 0) is 0 Å². The Labute approximate surface area is 148 Å². The predicted molar refractivity (Wildman–Crippen MR) is 102 cm³/mol. The van der Waals surface area contributed by atoms with Crippen molar-refractivity contribution in [1.29, 1.82) is 0 Å². The Morgan fingerprint density at radius 1 is 0.875 bits per heavy atom. The largest absolute Gasteiger partial charge is 0.294 e. The second-order valence-electron chi connectivity index (χ2n) is 9.21. The van der Waals surface area contributed by atoms with Gasteiger partial charge in [-0.15, -0.1) is 0 Å². The zero-order valence-corrected chi connectivity index (χ0v) is 15.8. The standard InChI is InChI=1S/C23H34O/c1-23(2,3)21(19-11-7-8-12-19)22(24)20-15-13-18(14-16-20)17-9-5-4-6-10-17/h13-17,19,21H,4-12H2,1-3H3. The third-order valence-corrected chi connectivity index (χ3v) is 6.36. The van der Waals surface area contributed by atoms with Gasteiger partial charge in [-0.1, -0.05) is 77.1 Å². The van der Waals surface area contributed by atoms with Gasteiger partial charge in [0.25, 0.3) is 0 Å². The summed E-state index contributed by atoms with van der Waals surface area (Å²) in [6.07, 6.45) is 11.8. The van der Waals surface area contributed by atoms with Crippen molar-refractivity contribution < 1.29 is 4.79 Å². The van der Waals surface area contributed by atoms with Crippen LogP contribution in [0.5, 0.6) is 0 Å². The molecule has 0 radical (unpaired) electrons. The van der Waals surface area contributed by atoms with Crippen LogP contribution in [0.1, 0.15) is 100 Å². The number of carbonyl (C=O) groups is 1. The molecule has 2 fully saturated rings. The molecular weight excluding hydrogens is 292 g/mol. The normalized spacial score (nSPS) is 21.8. The molecule has 2 saturated carbocycles. The molecule has 0 bridgehead atoms. The summed E-state index contributed by atoms with van der Waals surface area (Å²) in [6, 6.07) is 8.69. The quantitative estimate of drug-likeness (QED) is 0.558. The molecule has 0 N–H and O–H groups in total. The van der Waals surface area contributed by atoms with Gasteiger partial charge >= 0.3 is 0 Å². The highest BCUT2D eigenvalue weighted by atomic mass is 16.1. The monoisotopic (exact) mass is 326 g/mol. The van der Waals surface area contributed by atoms with E-state index >= 15 is 0 Å². The molecule has 0 saturated heterocycles. The Kier molecular flexibility index (Phi) is 5.47. The molecule has 3 rings (SSSR count). The smallest absolute Gasteiger partial charge is 0.166 e. The van der Waals surface area contributed by atoms with Gasteiger partial charge in [0.1, 0.15) is 0 Å². The Morgan fingerprint density at radius 2 is 1.42 bits per heavy atom. The van der Waals surface area contributed by atoms with Crippen LogP contribution in [0, 0.1) is 17.3 Å². The highest BCUT2D eigenvalue weighted by Crippen LogP contribution is 2.43. The van der Waals surface area contributed by atoms with E-state index in [1.165, 1.54) is 63.4 Å². The van der Waals surface area contributed by atoms with E-state index in [1.54, 1.807) is 0 Å². The van der Waals surface area contributed by atoms with Crippen molar-refractivity contribution in [2.24, 2.45) is 17.3 Å². The van der Waals surface area contributed by atoms with E-state index in [2.05, 4.69) is 45.0 Å². The second-order valence-corrected chi connectivity index (χ2v) is 9.21. The van der Waals surface area contributed by atoms with Crippen LogP contribution in [0.3, 0.4) is 0 Å². The van der Waals surface area contributed by atoms with E-state index in [1.807, 2.05) is 0 Å². The fourth-order valence-corrected chi connectivity index (χ4v) is 5.14. The molecule has 1 atom stereocenters. The number of rotatable bonds is 4. The van der Waals surface area contributed by atoms with E-state index in [4.69, 9.17) is 0 Å². The highest BCUT2D eigenvalue weighted by molar-refractivity contribution is 5.98. The number of carbonyl (C=O) groups excluding carboxylic acids is 1. The first-order valence-electron chi connectivity index (χ1n) is 10.1. The van der Waals surface area contributed by atoms with Crippen molar-refractivity contribution in [2.75, 3.05) is 0 Å². The van der Waals surface area contributed by atoms with Crippen LogP contribution in [0.25, 0.3) is 0 Å². The van der Waals surface area contributed by atoms with Crippen LogP contribution in [0.15, 0.2) is 24.3 Å². The minimum atomic E-state index is 0.0497. The maximum absolute atomic E-state index is 13.3. The maximum atomic E-state index is 13.3. The molecule has 0 heterocycles. The Morgan fingerprint density at radius 3 is 1.96 bits per heavy atom. The zero-order valence-electron chi connectivity index (χ0n) is 15.8. The first-order valence-corrected chi connectivity index (χ1v) is 10.1. The van der Waals surface area contributed by atoms with Crippen LogP contribution in [-0.4, -0.2) is 5.78 Å². The molecule has 0 amide bonds. The third kappa shape index (κ3) is 3.92. The molecule has 1 heteroatoms. The highest BCUT2D eigenvalue weighted by Gasteiger charge is 2.39. The van der Waals surface area contributed by atoms with Crippen LogP contribution < -0.4 is 0 Å². The first-order chi connectivity index (χ1) is 11.5. The van der Waals surface area contributed by atoms with E-state index in [9.17, 15) is 4.79 Å². The van der Waals surface area contributed by atoms with E-state index in [0.717, 1.165) is 11.5 Å². The summed E-state index contributed by atoms with van der Waals surface area (Å²) in [4.78, 5) is 13.3. The van der Waals surface area contributed by atoms with Crippen LogP contribution >= 0.6 is 0 Å². The van der Waals surface area contributed by atoms with Crippen molar-refractivity contribution in [3.8, 4) is 0 Å². The lowest BCUT2D eigenvalue weighted by atomic mass is 9.69. The number of Topliss-reactive ketones (excluding diaryl/α,β-unsaturated/α-hetero) is 1. The fraction of sp³-hybridized carbons (Fsp3) is 0.696. The predicted octanol–water partition coefficient (Wildman–Crippen LogP) is 6.77. The maximum Gasteiger partial charge on any atom is 0.166 e. The van der Waals surface area contributed by atoms with Crippen molar-refractivity contribution >= 4 is 5.78 Å². The van der Waals surface area contributed by atoms with E-state index in [0.29, 0.717) is 11.7 Å². The van der Waals surface area contributed by atoms with Gasteiger partial charge in [0.05, 0.1) is 0 Å². The number of ketones is 1. The average molecular weight is 327 g/mol. The summed E-state index contributed by atoms with van der Waals surface area (Å²) in [5, 5.41) is 0. The third-order valence-electron chi connectivity index (χ3n) is 6.36. The number of hydrogen-bond donors (Lipinski definition) is 0. The SMILES string of the molecule is CC(C)(C)C(C(=O)c1ccc(C2CCCCC2)cc1)C1CCCC1. The van der Waals surface area contributed by atoms with Gasteiger partial charge in [0.15, 0.2) is 5.78 Å². The topological polar surface area (TPSA) is 17.1 Å². The summed E-state index contributed by atoms with van der Waals surface area (Å²) in [6.45, 7) is 6.72. The summed E-state index contributed by atoms with van der Waals surface area (Å²) in [5.74, 6) is 1.84. The summed E-state index contributed by atoms with van der Waals surface area (Å²) < 4.78 is 0. The van der Waals surface area contributed by atoms with Gasteiger partial charge in [-0.25, -0.2) is 0 Å². The summed E-state index contributed by atoms with van der Waals surface area (Å²) in [5.41, 5.74) is 2.43. The molecule has 1 unspecified atom stereocenters. The lowest BCUT2D eigenvalue weighted by Crippen LogP contribution is -2.34. The molecule has 0 aliphatic heterocycles. The van der Waals surface area contributed by atoms with Gasteiger partial charge in [0, 0.05) is 11.5 Å². The number of benzene rings is 1. The molecule has 1 aromatic rings. The molecule has 2 aliphatic carbocycles. The molecule has 2 aliphatic rings. The van der Waals surface area contributed by atoms with Gasteiger partial charge in [-0.3, -0.25) is 4.79 Å². The molecule has 132 valence electrons. The van der Waals surface area contributed by atoms with Gasteiger partial charge in [0.2, 0.25) is 0 Å². The molecular formula is C23H34O. The lowest BCUT2D eigenvalue weighted by Gasteiger charge is -2.34. The number of hydrogen-bond acceptors (Lipinski definition) is 1. The Bertz CT molecular complexity index is 536.